The third-order valence-electron chi connectivity index (χ3n) is 6.76. The van der Waals surface area contributed by atoms with Gasteiger partial charge in [-0.15, -0.1) is 0 Å². The number of nitrogens with one attached hydrogen (secondary N) is 3. The Morgan fingerprint density at radius 2 is 1.67 bits per heavy atom. The number of ether oxygens (including phenoxy) is 4. The van der Waals surface area contributed by atoms with Crippen molar-refractivity contribution in [1.29, 1.82) is 0 Å². The lowest BCUT2D eigenvalue weighted by molar-refractivity contribution is -0.145. The van der Waals surface area contributed by atoms with Gasteiger partial charge in [-0.1, -0.05) is 29.8 Å². The van der Waals surface area contributed by atoms with Crippen LogP contribution in [0.3, 0.4) is 0 Å². The summed E-state index contributed by atoms with van der Waals surface area (Å²) in [5.41, 5.74) is 0.221. The van der Waals surface area contributed by atoms with E-state index in [0.29, 0.717) is 20.4 Å². The second-order valence-corrected chi connectivity index (χ2v) is 12.9. The van der Waals surface area contributed by atoms with Crippen LogP contribution < -0.4 is 25.4 Å². The fourth-order valence-corrected chi connectivity index (χ4v) is 5.45. The largest absolute Gasteiger partial charge is 0.504 e. The quantitative estimate of drug-likeness (QED) is 0.210. The van der Waals surface area contributed by atoms with E-state index in [4.69, 9.17) is 30.5 Å². The average molecular weight is 766 g/mol. The van der Waals surface area contributed by atoms with E-state index in [1.54, 1.807) is 63.2 Å². The number of carbonyl (C=O) groups is 4. The molecule has 5 rings (SSSR count). The second-order valence-electron chi connectivity index (χ2n) is 11.3. The van der Waals surface area contributed by atoms with E-state index < -0.39 is 47.6 Å². The molecule has 2 aliphatic heterocycles. The zero-order valence-electron chi connectivity index (χ0n) is 25.6. The molecule has 0 aromatic heterocycles. The van der Waals surface area contributed by atoms with Gasteiger partial charge in [0.05, 0.1) is 22.8 Å². The first kappa shape index (κ1) is 34.6. The van der Waals surface area contributed by atoms with Gasteiger partial charge in [0.2, 0.25) is 11.8 Å². The van der Waals surface area contributed by atoms with Crippen LogP contribution in [0, 0.1) is 3.57 Å². The monoisotopic (exact) mass is 765 g/mol. The van der Waals surface area contributed by atoms with Crippen LogP contribution in [-0.2, 0) is 30.3 Å². The van der Waals surface area contributed by atoms with Crippen molar-refractivity contribution in [2.24, 2.45) is 0 Å². The van der Waals surface area contributed by atoms with Gasteiger partial charge in [-0.3, -0.25) is 9.59 Å². The van der Waals surface area contributed by atoms with Gasteiger partial charge in [0.1, 0.15) is 35.2 Å². The molecule has 12 nitrogen and oxygen atoms in total. The maximum Gasteiger partial charge on any atom is 0.408 e. The summed E-state index contributed by atoms with van der Waals surface area (Å²) in [7, 11) is 2.67. The van der Waals surface area contributed by atoms with Crippen LogP contribution in [-0.4, -0.2) is 54.8 Å². The van der Waals surface area contributed by atoms with Crippen molar-refractivity contribution < 1.29 is 43.2 Å². The highest BCUT2D eigenvalue weighted by atomic mass is 127. The summed E-state index contributed by atoms with van der Waals surface area (Å²) in [5.74, 6) is -1.88. The molecule has 244 valence electrons. The van der Waals surface area contributed by atoms with Crippen LogP contribution in [0.4, 0.5) is 4.79 Å². The Labute approximate surface area is 284 Å². The van der Waals surface area contributed by atoms with Crippen molar-refractivity contribution >= 4 is 58.1 Å². The normalized spacial score (nSPS) is 18.5. The summed E-state index contributed by atoms with van der Waals surface area (Å²) in [6.07, 6.45) is -0.925. The molecule has 0 aliphatic carbocycles. The zero-order valence-corrected chi connectivity index (χ0v) is 28.5. The Balaban J connectivity index is 1.89. The summed E-state index contributed by atoms with van der Waals surface area (Å²) >= 11 is 8.40. The van der Waals surface area contributed by atoms with Gasteiger partial charge in [-0.2, -0.15) is 0 Å². The molecule has 2 heterocycles. The first-order valence-corrected chi connectivity index (χ1v) is 15.5. The van der Waals surface area contributed by atoms with E-state index in [0.717, 1.165) is 0 Å². The highest BCUT2D eigenvalue weighted by Gasteiger charge is 2.34. The third-order valence-corrected chi connectivity index (χ3v) is 7.88. The molecule has 3 aromatic carbocycles. The van der Waals surface area contributed by atoms with Crippen molar-refractivity contribution in [2.75, 3.05) is 14.2 Å². The van der Waals surface area contributed by atoms with Crippen LogP contribution in [0.2, 0.25) is 5.02 Å². The molecular formula is C32H33ClIN3O9. The molecule has 2 aliphatic rings. The number of methoxy groups -OCH3 is 2. The summed E-state index contributed by atoms with van der Waals surface area (Å²) in [4.78, 5) is 53.8. The summed E-state index contributed by atoms with van der Waals surface area (Å²) < 4.78 is 21.9. The van der Waals surface area contributed by atoms with Crippen LogP contribution in [0.15, 0.2) is 54.6 Å². The molecule has 14 heteroatoms. The van der Waals surface area contributed by atoms with Gasteiger partial charge in [0, 0.05) is 6.42 Å². The minimum absolute atomic E-state index is 0.0108. The van der Waals surface area contributed by atoms with Crippen molar-refractivity contribution in [1.82, 2.24) is 16.0 Å². The van der Waals surface area contributed by atoms with Gasteiger partial charge in [-0.05, 0) is 96.5 Å². The number of rotatable bonds is 4. The summed E-state index contributed by atoms with van der Waals surface area (Å²) in [6.45, 7) is 4.99. The standard InChI is InChI=1S/C32H33ClIN3O9/c1-32(2,3)46-31(42)37-26-18-14-21(34)27(38)24(15-18)45-23-11-6-16(12-20(23)33)13-22(30(41)44-5)35-28(39)25(36-29(26)40)17-7-9-19(43-4)10-8-17/h6-12,14-15,22,25-26,38H,13H2,1-5H3,(H,35,39)(H,36,40)(H,37,42)/t22-,25+,26+/m0/s1. The molecule has 0 fully saturated rings. The first-order valence-electron chi connectivity index (χ1n) is 14.0. The lowest BCUT2D eigenvalue weighted by Crippen LogP contribution is -2.50. The van der Waals surface area contributed by atoms with Gasteiger partial charge >= 0.3 is 12.1 Å². The number of alkyl carbamates (subject to hydrolysis) is 1. The molecule has 0 spiro atoms. The van der Waals surface area contributed by atoms with E-state index in [1.807, 2.05) is 22.6 Å². The van der Waals surface area contributed by atoms with Crippen LogP contribution in [0.25, 0.3) is 0 Å². The maximum absolute atomic E-state index is 14.1. The lowest BCUT2D eigenvalue weighted by Gasteiger charge is -2.27. The highest BCUT2D eigenvalue weighted by molar-refractivity contribution is 14.1. The molecule has 3 amide bonds. The molecule has 0 unspecified atom stereocenters. The predicted molar refractivity (Wildman–Crippen MR) is 176 cm³/mol. The Morgan fingerprint density at radius 3 is 2.28 bits per heavy atom. The first-order chi connectivity index (χ1) is 21.7. The molecule has 46 heavy (non-hydrogen) atoms. The number of aromatic hydroxyl groups is 1. The van der Waals surface area contributed by atoms with Crippen LogP contribution in [0.1, 0.15) is 49.5 Å². The van der Waals surface area contributed by atoms with Gasteiger partial charge < -0.3 is 40.0 Å². The number of carbonyl (C=O) groups excluding carboxylic acids is 4. The van der Waals surface area contributed by atoms with E-state index in [1.165, 1.54) is 26.4 Å². The van der Waals surface area contributed by atoms with Crippen molar-refractivity contribution in [3.63, 3.8) is 0 Å². The van der Waals surface area contributed by atoms with Gasteiger partial charge in [0.15, 0.2) is 11.5 Å². The summed E-state index contributed by atoms with van der Waals surface area (Å²) in [6, 6.07) is 10.0. The van der Waals surface area contributed by atoms with Crippen molar-refractivity contribution in [2.45, 2.75) is 50.9 Å². The number of fused-ring (bicyclic) bond motifs is 9. The average Bonchev–Trinajstić information content (AvgIpc) is 2.99. The molecule has 0 radical (unpaired) electrons. The fraction of sp³-hybridized carbons (Fsp3) is 0.312. The molecule has 3 aromatic rings. The molecule has 3 atom stereocenters. The molecular weight excluding hydrogens is 733 g/mol. The minimum atomic E-state index is -1.44. The SMILES string of the molecule is COC(=O)[C@@H]1Cc2ccc(c(Cl)c2)Oc2cc(cc(I)c2O)[C@@H](NC(=O)OC(C)(C)C)C(=O)N[C@H](c2ccc(OC)cc2)C(=O)N1. The Morgan fingerprint density at radius 1 is 0.978 bits per heavy atom. The maximum atomic E-state index is 14.1. The lowest BCUT2D eigenvalue weighted by atomic mass is 10.0. The van der Waals surface area contributed by atoms with Crippen molar-refractivity contribution in [3.05, 3.63) is 79.9 Å². The van der Waals surface area contributed by atoms with Gasteiger partial charge in [-0.25, -0.2) is 9.59 Å². The van der Waals surface area contributed by atoms with Crippen LogP contribution in [0.5, 0.6) is 23.0 Å². The van der Waals surface area contributed by atoms with Crippen molar-refractivity contribution in [3.8, 4) is 23.0 Å². The molecule has 0 saturated heterocycles. The highest BCUT2D eigenvalue weighted by Crippen LogP contribution is 2.40. The van der Waals surface area contributed by atoms with Gasteiger partial charge in [0.25, 0.3) is 0 Å². The number of benzene rings is 3. The van der Waals surface area contributed by atoms with E-state index in [-0.39, 0.29) is 34.3 Å². The fourth-order valence-electron chi connectivity index (χ4n) is 4.58. The smallest absolute Gasteiger partial charge is 0.408 e. The van der Waals surface area contributed by atoms with E-state index in [9.17, 15) is 24.3 Å². The topological polar surface area (TPSA) is 162 Å². The minimum Gasteiger partial charge on any atom is -0.504 e. The number of amides is 3. The Hall–Kier alpha value is -4.24. The number of esters is 1. The number of phenolic OH excluding ortho intramolecular Hbond substituents is 1. The van der Waals surface area contributed by atoms with E-state index in [2.05, 4.69) is 16.0 Å². The number of halogens is 2. The Kier molecular flexibility index (Phi) is 10.9. The van der Waals surface area contributed by atoms with E-state index >= 15 is 0 Å². The molecule has 4 N–H and O–H groups in total. The Bertz CT molecular complexity index is 1640. The second kappa shape index (κ2) is 14.5. The number of phenols is 1. The van der Waals surface area contributed by atoms with Crippen LogP contribution >= 0.6 is 34.2 Å². The summed E-state index contributed by atoms with van der Waals surface area (Å²) in [5, 5.41) is 19.0. The predicted octanol–water partition coefficient (Wildman–Crippen LogP) is 5.09. The number of hydrogen-bond acceptors (Lipinski definition) is 9. The zero-order chi connectivity index (χ0) is 33.8. The third kappa shape index (κ3) is 8.51. The molecule has 4 bridgehead atoms. The number of hydrogen-bond donors (Lipinski definition) is 4. The molecule has 0 saturated carbocycles.